The molecule has 0 saturated carbocycles. The molecule has 1 amide bonds. The number of carbonyl (C=O) groups is 1. The molecular weight excluding hydrogens is 362 g/mol. The molecule has 0 unspecified atom stereocenters. The Kier molecular flexibility index (Phi) is 5.71. The maximum Gasteiger partial charge on any atom is 0.255 e. The highest BCUT2D eigenvalue weighted by Crippen LogP contribution is 2.29. The average molecular weight is 383 g/mol. The summed E-state index contributed by atoms with van der Waals surface area (Å²) in [5.74, 6) is 0.830. The Hall–Kier alpha value is -2.93. The van der Waals surface area contributed by atoms with Crippen molar-refractivity contribution in [2.75, 3.05) is 12.4 Å². The normalized spacial score (nSPS) is 10.5. The number of rotatable bonds is 6. The first-order valence-corrected chi connectivity index (χ1v) is 9.36. The highest BCUT2D eigenvalue weighted by molar-refractivity contribution is 7.07. The zero-order chi connectivity index (χ0) is 19.4. The van der Waals surface area contributed by atoms with Crippen molar-refractivity contribution in [3.8, 4) is 11.5 Å². The van der Waals surface area contributed by atoms with E-state index in [1.807, 2.05) is 32.2 Å². The lowest BCUT2D eigenvalue weighted by Gasteiger charge is -2.14. The smallest absolute Gasteiger partial charge is 0.255 e. The Morgan fingerprint density at radius 1 is 1.19 bits per heavy atom. The summed E-state index contributed by atoms with van der Waals surface area (Å²) in [5.41, 5.74) is 6.50. The lowest BCUT2D eigenvalue weighted by Crippen LogP contribution is -2.15. The fraction of sp³-hybridized carbons (Fsp3) is 0.250. The summed E-state index contributed by atoms with van der Waals surface area (Å²) in [6, 6.07) is 7.05. The van der Waals surface area contributed by atoms with E-state index in [1.54, 1.807) is 30.8 Å². The van der Waals surface area contributed by atoms with Gasteiger partial charge >= 0.3 is 0 Å². The number of pyridine rings is 1. The van der Waals surface area contributed by atoms with Gasteiger partial charge in [-0.1, -0.05) is 0 Å². The fourth-order valence-electron chi connectivity index (χ4n) is 2.79. The van der Waals surface area contributed by atoms with E-state index in [2.05, 4.69) is 15.3 Å². The van der Waals surface area contributed by atoms with Crippen LogP contribution in [0, 0.1) is 20.8 Å². The fourth-order valence-corrected chi connectivity index (χ4v) is 3.33. The van der Waals surface area contributed by atoms with Crippen molar-refractivity contribution in [3.63, 3.8) is 0 Å². The summed E-state index contributed by atoms with van der Waals surface area (Å²) in [7, 11) is 1.55. The van der Waals surface area contributed by atoms with E-state index < -0.39 is 0 Å². The predicted molar refractivity (Wildman–Crippen MR) is 106 cm³/mol. The molecule has 0 radical (unpaired) electrons. The van der Waals surface area contributed by atoms with Crippen LogP contribution < -0.4 is 14.8 Å². The second kappa shape index (κ2) is 8.18. The Morgan fingerprint density at radius 2 is 2.00 bits per heavy atom. The number of aromatic nitrogens is 2. The van der Waals surface area contributed by atoms with Gasteiger partial charge in [-0.25, -0.2) is 4.98 Å². The molecule has 2 aromatic heterocycles. The minimum atomic E-state index is -0.226. The molecule has 0 aliphatic heterocycles. The van der Waals surface area contributed by atoms with Gasteiger partial charge < -0.3 is 14.8 Å². The monoisotopic (exact) mass is 383 g/mol. The summed E-state index contributed by atoms with van der Waals surface area (Å²) in [6.45, 7) is 6.11. The number of benzene rings is 1. The molecule has 6 nitrogen and oxygen atoms in total. The van der Waals surface area contributed by atoms with Crippen molar-refractivity contribution in [2.24, 2.45) is 0 Å². The van der Waals surface area contributed by atoms with Gasteiger partial charge in [-0.15, -0.1) is 11.3 Å². The van der Waals surface area contributed by atoms with Crippen molar-refractivity contribution >= 4 is 22.9 Å². The van der Waals surface area contributed by atoms with Crippen LogP contribution in [0.15, 0.2) is 35.2 Å². The largest absolute Gasteiger partial charge is 0.493 e. The molecule has 0 atom stereocenters. The summed E-state index contributed by atoms with van der Waals surface area (Å²) in [6.07, 6.45) is 0. The number of nitrogens with one attached hydrogen (secondary N) is 1. The number of ether oxygens (including phenoxy) is 2. The number of hydrogen-bond donors (Lipinski definition) is 1. The van der Waals surface area contributed by atoms with Gasteiger partial charge in [0.05, 0.1) is 29.7 Å². The molecule has 0 aliphatic carbocycles. The van der Waals surface area contributed by atoms with E-state index in [-0.39, 0.29) is 5.91 Å². The lowest BCUT2D eigenvalue weighted by molar-refractivity contribution is 0.102. The number of nitrogens with zero attached hydrogens (tertiary/aromatic N) is 2. The summed E-state index contributed by atoms with van der Waals surface area (Å²) in [4.78, 5) is 21.3. The lowest BCUT2D eigenvalue weighted by atomic mass is 10.1. The minimum absolute atomic E-state index is 0.226. The number of carbonyl (C=O) groups excluding carboxylic acids is 1. The van der Waals surface area contributed by atoms with Gasteiger partial charge in [0.15, 0.2) is 11.5 Å². The van der Waals surface area contributed by atoms with Crippen LogP contribution in [0.2, 0.25) is 0 Å². The maximum absolute atomic E-state index is 12.7. The predicted octanol–water partition coefficient (Wildman–Crippen LogP) is 4.30. The van der Waals surface area contributed by atoms with Crippen LogP contribution in [0.4, 0.5) is 5.69 Å². The van der Waals surface area contributed by atoms with Gasteiger partial charge in [-0.2, -0.15) is 0 Å². The van der Waals surface area contributed by atoms with E-state index in [1.165, 1.54) is 11.3 Å². The number of aryl methyl sites for hydroxylation is 3. The van der Waals surface area contributed by atoms with Crippen molar-refractivity contribution < 1.29 is 14.3 Å². The van der Waals surface area contributed by atoms with Crippen molar-refractivity contribution in [3.05, 3.63) is 63.4 Å². The standard InChI is InChI=1S/C20H21N3O3S/c1-12-7-13(2)22-14(3)19(12)23-20(24)15-5-6-17(18(8-15)25-4)26-9-16-10-27-11-21-16/h5-8,10-11H,9H2,1-4H3,(H,23,24). The van der Waals surface area contributed by atoms with E-state index in [0.29, 0.717) is 23.7 Å². The van der Waals surface area contributed by atoms with Crippen LogP contribution in [0.25, 0.3) is 0 Å². The molecule has 0 aliphatic rings. The highest BCUT2D eigenvalue weighted by Gasteiger charge is 2.14. The molecule has 0 spiro atoms. The number of thiazole rings is 1. The Morgan fingerprint density at radius 3 is 2.67 bits per heavy atom. The number of anilines is 1. The third-order valence-corrected chi connectivity index (χ3v) is 4.68. The number of methoxy groups -OCH3 is 1. The molecule has 1 N–H and O–H groups in total. The van der Waals surface area contributed by atoms with Gasteiger partial charge in [0.1, 0.15) is 6.61 Å². The van der Waals surface area contributed by atoms with E-state index in [9.17, 15) is 4.79 Å². The van der Waals surface area contributed by atoms with Gasteiger partial charge in [0.2, 0.25) is 0 Å². The van der Waals surface area contributed by atoms with Crippen molar-refractivity contribution in [2.45, 2.75) is 27.4 Å². The molecule has 2 heterocycles. The first-order chi connectivity index (χ1) is 13.0. The number of amides is 1. The van der Waals surface area contributed by atoms with Crippen LogP contribution >= 0.6 is 11.3 Å². The first kappa shape index (κ1) is 18.8. The van der Waals surface area contributed by atoms with Gasteiger partial charge in [0, 0.05) is 16.6 Å². The van der Waals surface area contributed by atoms with Crippen LogP contribution in [0.1, 0.15) is 33.0 Å². The summed E-state index contributed by atoms with van der Waals surface area (Å²) < 4.78 is 11.1. The minimum Gasteiger partial charge on any atom is -0.493 e. The third-order valence-electron chi connectivity index (χ3n) is 4.05. The average Bonchev–Trinajstić information content (AvgIpc) is 3.16. The molecule has 0 fully saturated rings. The van der Waals surface area contributed by atoms with E-state index in [4.69, 9.17) is 9.47 Å². The highest BCUT2D eigenvalue weighted by atomic mass is 32.1. The maximum atomic E-state index is 12.7. The number of hydrogen-bond acceptors (Lipinski definition) is 6. The first-order valence-electron chi connectivity index (χ1n) is 8.42. The van der Waals surface area contributed by atoms with Gasteiger partial charge in [-0.05, 0) is 50.6 Å². The van der Waals surface area contributed by atoms with Crippen LogP contribution in [-0.2, 0) is 6.61 Å². The second-order valence-electron chi connectivity index (χ2n) is 6.13. The molecular formula is C20H21N3O3S. The topological polar surface area (TPSA) is 73.3 Å². The Balaban J connectivity index is 1.77. The van der Waals surface area contributed by atoms with Crippen LogP contribution in [-0.4, -0.2) is 23.0 Å². The molecule has 7 heteroatoms. The van der Waals surface area contributed by atoms with Crippen LogP contribution in [0.5, 0.6) is 11.5 Å². The second-order valence-corrected chi connectivity index (χ2v) is 6.85. The third kappa shape index (κ3) is 4.43. The van der Waals surface area contributed by atoms with Crippen molar-refractivity contribution in [1.29, 1.82) is 0 Å². The molecule has 3 aromatic rings. The molecule has 27 heavy (non-hydrogen) atoms. The molecule has 0 saturated heterocycles. The summed E-state index contributed by atoms with van der Waals surface area (Å²) in [5, 5.41) is 4.87. The van der Waals surface area contributed by atoms with Gasteiger partial charge in [-0.3, -0.25) is 9.78 Å². The van der Waals surface area contributed by atoms with Crippen molar-refractivity contribution in [1.82, 2.24) is 9.97 Å². The van der Waals surface area contributed by atoms with E-state index in [0.717, 1.165) is 28.3 Å². The van der Waals surface area contributed by atoms with Crippen LogP contribution in [0.3, 0.4) is 0 Å². The summed E-state index contributed by atoms with van der Waals surface area (Å²) >= 11 is 1.51. The molecule has 1 aromatic carbocycles. The SMILES string of the molecule is COc1cc(C(=O)Nc2c(C)cc(C)nc2C)ccc1OCc1cscn1. The molecule has 3 rings (SSSR count). The zero-order valence-electron chi connectivity index (χ0n) is 15.7. The Labute approximate surface area is 162 Å². The van der Waals surface area contributed by atoms with Gasteiger partial charge in [0.25, 0.3) is 5.91 Å². The zero-order valence-corrected chi connectivity index (χ0v) is 16.5. The molecule has 0 bridgehead atoms. The van der Waals surface area contributed by atoms with E-state index >= 15 is 0 Å². The quantitative estimate of drug-likeness (QED) is 0.687. The Bertz CT molecular complexity index is 932. The molecule has 140 valence electrons.